The van der Waals surface area contributed by atoms with Gasteiger partial charge in [0.05, 0.1) is 12.8 Å². The molecule has 8 N–H and O–H groups in total. The van der Waals surface area contributed by atoms with Crippen molar-refractivity contribution in [1.82, 2.24) is 9.55 Å². The molecule has 4 unspecified atom stereocenters. The number of H-pyrrole nitrogens is 1. The van der Waals surface area contributed by atoms with Crippen LogP contribution in [-0.2, 0) is 31.6 Å². The summed E-state index contributed by atoms with van der Waals surface area (Å²) in [7, 11) is -16.9. The minimum Gasteiger partial charge on any atom is -0.502 e. The molecule has 18 nitrogen and oxygen atoms in total. The highest BCUT2D eigenvalue weighted by atomic mass is 31.3. The standard InChI is InChI=1S/C9H15N2O16P3/c12-3-1-11(9(16)10-7(3)15)8-6(14)5(13)4(25-8)2-24-29(20,21)27-30(22,23)26-28(17,18)19/h1,4-6,8,12-14H,2H2,(H,20,21)(H,22,23)(H,10,15,16)(H2,17,18,19)/t4-,5?,6?,8-/m1/s1. The van der Waals surface area contributed by atoms with E-state index in [2.05, 4.69) is 13.1 Å². The van der Waals surface area contributed by atoms with Crippen molar-refractivity contribution in [2.45, 2.75) is 24.5 Å². The van der Waals surface area contributed by atoms with Gasteiger partial charge in [0.1, 0.15) is 18.3 Å². The maximum Gasteiger partial charge on any atom is 0.490 e. The molecule has 21 heteroatoms. The van der Waals surface area contributed by atoms with E-state index in [-0.39, 0.29) is 0 Å². The van der Waals surface area contributed by atoms with Crippen LogP contribution < -0.4 is 11.2 Å². The van der Waals surface area contributed by atoms with Gasteiger partial charge in [-0.05, 0) is 0 Å². The topological polar surface area (TPSA) is 285 Å². The number of nitrogens with zero attached hydrogens (tertiary/aromatic N) is 1. The van der Waals surface area contributed by atoms with E-state index in [9.17, 15) is 43.5 Å². The fourth-order valence-electron chi connectivity index (χ4n) is 2.23. The molecule has 0 bridgehead atoms. The maximum absolute atomic E-state index is 11.8. The second-order valence-corrected chi connectivity index (χ2v) is 10.0. The molecule has 6 atom stereocenters. The highest BCUT2D eigenvalue weighted by Crippen LogP contribution is 2.66. The first-order chi connectivity index (χ1) is 13.5. The number of aliphatic hydroxyl groups is 2. The Kier molecular flexibility index (Phi) is 7.28. The summed E-state index contributed by atoms with van der Waals surface area (Å²) in [6.45, 7) is -1.11. The average molecular weight is 500 g/mol. The predicted octanol–water partition coefficient (Wildman–Crippen LogP) is -2.80. The van der Waals surface area contributed by atoms with Gasteiger partial charge in [-0.15, -0.1) is 0 Å². The number of aliphatic hydroxyl groups excluding tert-OH is 2. The molecule has 172 valence electrons. The van der Waals surface area contributed by atoms with E-state index in [4.69, 9.17) is 19.4 Å². The summed E-state index contributed by atoms with van der Waals surface area (Å²) in [6, 6.07) is 0. The minimum atomic E-state index is -5.76. The molecule has 0 amide bonds. The largest absolute Gasteiger partial charge is 0.502 e. The van der Waals surface area contributed by atoms with Gasteiger partial charge in [-0.25, -0.2) is 18.5 Å². The van der Waals surface area contributed by atoms with Gasteiger partial charge in [-0.2, -0.15) is 8.62 Å². The number of aromatic nitrogens is 2. The molecule has 1 aliphatic rings. The van der Waals surface area contributed by atoms with E-state index < -0.39 is 71.6 Å². The van der Waals surface area contributed by atoms with Crippen LogP contribution in [-0.4, -0.2) is 69.4 Å². The Bertz CT molecular complexity index is 1040. The van der Waals surface area contributed by atoms with Crippen LogP contribution in [0, 0.1) is 0 Å². The lowest BCUT2D eigenvalue weighted by Gasteiger charge is -2.19. The zero-order valence-electron chi connectivity index (χ0n) is 14.2. The Balaban J connectivity index is 2.09. The minimum absolute atomic E-state index is 0.495. The smallest absolute Gasteiger partial charge is 0.490 e. The average Bonchev–Trinajstić information content (AvgIpc) is 2.81. The number of ether oxygens (including phenoxy) is 1. The molecule has 1 fully saturated rings. The summed E-state index contributed by atoms with van der Waals surface area (Å²) in [6.07, 6.45) is -6.52. The van der Waals surface area contributed by atoms with Crippen LogP contribution in [0.1, 0.15) is 6.23 Å². The van der Waals surface area contributed by atoms with E-state index in [0.29, 0.717) is 10.8 Å². The van der Waals surface area contributed by atoms with Crippen molar-refractivity contribution in [2.75, 3.05) is 6.61 Å². The van der Waals surface area contributed by atoms with Crippen LogP contribution in [0.3, 0.4) is 0 Å². The van der Waals surface area contributed by atoms with Crippen LogP contribution in [0.4, 0.5) is 0 Å². The van der Waals surface area contributed by atoms with E-state index in [0.717, 1.165) is 0 Å². The van der Waals surface area contributed by atoms with Gasteiger partial charge in [0.15, 0.2) is 12.0 Å². The van der Waals surface area contributed by atoms with E-state index in [1.807, 2.05) is 0 Å². The molecule has 0 aromatic carbocycles. The van der Waals surface area contributed by atoms with Crippen LogP contribution in [0.15, 0.2) is 15.8 Å². The number of phosphoric acid groups is 3. The number of rotatable bonds is 8. The highest BCUT2D eigenvalue weighted by molar-refractivity contribution is 7.66. The predicted molar refractivity (Wildman–Crippen MR) is 88.7 cm³/mol. The maximum atomic E-state index is 11.8. The first kappa shape index (κ1) is 25.0. The number of aromatic amines is 1. The second kappa shape index (κ2) is 8.72. The molecular weight excluding hydrogens is 485 g/mol. The quantitative estimate of drug-likeness (QED) is 0.167. The molecule has 30 heavy (non-hydrogen) atoms. The van der Waals surface area contributed by atoms with Crippen molar-refractivity contribution < 1.29 is 66.5 Å². The van der Waals surface area contributed by atoms with Gasteiger partial charge in [0, 0.05) is 0 Å². The summed E-state index contributed by atoms with van der Waals surface area (Å²) >= 11 is 0. The van der Waals surface area contributed by atoms with Crippen molar-refractivity contribution in [3.05, 3.63) is 27.0 Å². The summed E-state index contributed by atoms with van der Waals surface area (Å²) in [5.74, 6) is -0.934. The number of hydrogen-bond donors (Lipinski definition) is 8. The fourth-order valence-corrected chi connectivity index (χ4v) is 5.26. The Morgan fingerprint density at radius 3 is 2.20 bits per heavy atom. The lowest BCUT2D eigenvalue weighted by molar-refractivity contribution is -0.0544. The Morgan fingerprint density at radius 1 is 1.03 bits per heavy atom. The van der Waals surface area contributed by atoms with Gasteiger partial charge in [0.25, 0.3) is 5.56 Å². The summed E-state index contributed by atoms with van der Waals surface area (Å²) in [5.41, 5.74) is -2.30. The number of phosphoric ester groups is 1. The molecule has 1 aliphatic heterocycles. The van der Waals surface area contributed by atoms with E-state index >= 15 is 0 Å². The van der Waals surface area contributed by atoms with Crippen molar-refractivity contribution >= 4 is 23.5 Å². The fraction of sp³-hybridized carbons (Fsp3) is 0.556. The van der Waals surface area contributed by atoms with Crippen molar-refractivity contribution in [2.24, 2.45) is 0 Å². The Labute approximate surface area is 164 Å². The molecule has 2 rings (SSSR count). The SMILES string of the molecule is O=c1[nH]c(=O)n([C@@H]2O[C@H](COP(=O)(O)OP(=O)(O)OP(=O)(O)O)C(O)C2O)cc1O. The van der Waals surface area contributed by atoms with Gasteiger partial charge in [-0.1, -0.05) is 0 Å². The number of nitrogens with one attached hydrogen (secondary N) is 1. The van der Waals surface area contributed by atoms with Crippen LogP contribution in [0.25, 0.3) is 0 Å². The number of aromatic hydroxyl groups is 1. The molecule has 2 heterocycles. The second-order valence-electron chi connectivity index (χ2n) is 5.61. The zero-order valence-corrected chi connectivity index (χ0v) is 16.9. The molecule has 0 spiro atoms. The third-order valence-electron chi connectivity index (χ3n) is 3.38. The molecular formula is C9H15N2O16P3. The Morgan fingerprint density at radius 2 is 1.63 bits per heavy atom. The zero-order chi connectivity index (χ0) is 23.1. The van der Waals surface area contributed by atoms with Gasteiger partial charge in [-0.3, -0.25) is 18.9 Å². The third-order valence-corrected chi connectivity index (χ3v) is 7.18. The van der Waals surface area contributed by atoms with Crippen molar-refractivity contribution in [3.8, 4) is 5.75 Å². The van der Waals surface area contributed by atoms with Crippen molar-refractivity contribution in [1.29, 1.82) is 0 Å². The van der Waals surface area contributed by atoms with E-state index in [1.165, 1.54) is 0 Å². The van der Waals surface area contributed by atoms with Gasteiger partial charge < -0.3 is 39.6 Å². The normalized spacial score (nSPS) is 28.7. The summed E-state index contributed by atoms with van der Waals surface area (Å²) < 4.78 is 50.3. The van der Waals surface area contributed by atoms with Gasteiger partial charge >= 0.3 is 29.2 Å². The first-order valence-electron chi connectivity index (χ1n) is 7.36. The van der Waals surface area contributed by atoms with Crippen LogP contribution in [0.2, 0.25) is 0 Å². The molecule has 1 aromatic heterocycles. The molecule has 0 aliphatic carbocycles. The van der Waals surface area contributed by atoms with E-state index in [1.54, 1.807) is 4.98 Å². The Hall–Kier alpha value is -1.23. The first-order valence-corrected chi connectivity index (χ1v) is 11.9. The molecule has 1 aromatic rings. The third kappa shape index (κ3) is 6.38. The summed E-state index contributed by atoms with van der Waals surface area (Å²) in [4.78, 5) is 59.9. The monoisotopic (exact) mass is 500 g/mol. The van der Waals surface area contributed by atoms with Crippen LogP contribution in [0.5, 0.6) is 5.75 Å². The van der Waals surface area contributed by atoms with Crippen LogP contribution >= 0.6 is 23.5 Å². The molecule has 0 radical (unpaired) electrons. The lowest BCUT2D eigenvalue weighted by atomic mass is 10.1. The van der Waals surface area contributed by atoms with Gasteiger partial charge in [0.2, 0.25) is 0 Å². The lowest BCUT2D eigenvalue weighted by Crippen LogP contribution is -2.37. The van der Waals surface area contributed by atoms with Crippen molar-refractivity contribution in [3.63, 3.8) is 0 Å². The molecule has 1 saturated heterocycles. The number of hydrogen-bond acceptors (Lipinski definition) is 12. The molecule has 0 saturated carbocycles. The summed E-state index contributed by atoms with van der Waals surface area (Å²) in [5, 5.41) is 29.3. The highest BCUT2D eigenvalue weighted by Gasteiger charge is 2.46.